The second-order valence-electron chi connectivity index (χ2n) is 4.28. The molecule has 0 saturated heterocycles. The Morgan fingerprint density at radius 3 is 2.39 bits per heavy atom. The number of nitrogens with zero attached hydrogens (tertiary/aromatic N) is 2. The van der Waals surface area contributed by atoms with E-state index in [9.17, 15) is 21.6 Å². The van der Waals surface area contributed by atoms with E-state index in [1.54, 1.807) is 0 Å². The average Bonchev–Trinajstić information content (AvgIpc) is 2.99. The lowest BCUT2D eigenvalue weighted by atomic mass is 10.3. The van der Waals surface area contributed by atoms with E-state index in [0.717, 1.165) is 12.8 Å². The molecule has 0 aromatic rings. The van der Waals surface area contributed by atoms with Crippen LogP contribution in [0.3, 0.4) is 0 Å². The van der Waals surface area contributed by atoms with Crippen molar-refractivity contribution in [3.8, 4) is 6.07 Å². The van der Waals surface area contributed by atoms with Gasteiger partial charge < -0.3 is 0 Å². The molecule has 104 valence electrons. The molecule has 1 saturated carbocycles. The smallest absolute Gasteiger partial charge is 0.212 e. The topological polar surface area (TPSA) is 61.2 Å². The fourth-order valence-electron chi connectivity index (χ4n) is 1.64. The highest BCUT2D eigenvalue weighted by molar-refractivity contribution is 7.89. The van der Waals surface area contributed by atoms with Crippen molar-refractivity contribution in [3.63, 3.8) is 0 Å². The van der Waals surface area contributed by atoms with E-state index < -0.39 is 34.8 Å². The Labute approximate surface area is 104 Å². The SMILES string of the molecule is N#CCCN(C1CC1)S(=O)(=O)CCCC(F)(F)F. The molecular weight excluding hydrogens is 269 g/mol. The Balaban J connectivity index is 2.51. The van der Waals surface area contributed by atoms with E-state index in [4.69, 9.17) is 5.26 Å². The summed E-state index contributed by atoms with van der Waals surface area (Å²) >= 11 is 0. The third-order valence-electron chi connectivity index (χ3n) is 2.62. The lowest BCUT2D eigenvalue weighted by molar-refractivity contribution is -0.134. The minimum atomic E-state index is -4.33. The van der Waals surface area contributed by atoms with Crippen LogP contribution in [0.2, 0.25) is 0 Å². The van der Waals surface area contributed by atoms with Crippen LogP contribution >= 0.6 is 0 Å². The van der Waals surface area contributed by atoms with Gasteiger partial charge in [-0.3, -0.25) is 0 Å². The molecule has 0 bridgehead atoms. The molecule has 0 aliphatic heterocycles. The van der Waals surface area contributed by atoms with E-state index in [2.05, 4.69) is 0 Å². The maximum Gasteiger partial charge on any atom is 0.389 e. The zero-order valence-electron chi connectivity index (χ0n) is 9.78. The molecule has 0 spiro atoms. The highest BCUT2D eigenvalue weighted by Crippen LogP contribution is 2.30. The van der Waals surface area contributed by atoms with Crippen LogP contribution in [0.1, 0.15) is 32.1 Å². The van der Waals surface area contributed by atoms with Gasteiger partial charge in [0.05, 0.1) is 11.8 Å². The molecule has 0 aromatic carbocycles. The lowest BCUT2D eigenvalue weighted by Gasteiger charge is -2.20. The molecule has 0 heterocycles. The van der Waals surface area contributed by atoms with E-state index in [1.165, 1.54) is 4.31 Å². The maximum absolute atomic E-state index is 12.0. The van der Waals surface area contributed by atoms with Crippen molar-refractivity contribution in [3.05, 3.63) is 0 Å². The number of sulfonamides is 1. The first-order valence-electron chi connectivity index (χ1n) is 5.69. The van der Waals surface area contributed by atoms with Crippen LogP contribution in [-0.2, 0) is 10.0 Å². The second kappa shape index (κ2) is 5.89. The molecule has 18 heavy (non-hydrogen) atoms. The van der Waals surface area contributed by atoms with E-state index in [-0.39, 0.29) is 19.0 Å². The summed E-state index contributed by atoms with van der Waals surface area (Å²) in [5, 5.41) is 8.45. The van der Waals surface area contributed by atoms with Crippen LogP contribution < -0.4 is 0 Å². The van der Waals surface area contributed by atoms with E-state index in [1.807, 2.05) is 6.07 Å². The first kappa shape index (κ1) is 15.2. The summed E-state index contributed by atoms with van der Waals surface area (Å²) in [7, 11) is -3.67. The summed E-state index contributed by atoms with van der Waals surface area (Å²) in [5.74, 6) is -0.506. The molecule has 0 atom stereocenters. The molecule has 8 heteroatoms. The van der Waals surface area contributed by atoms with Crippen molar-refractivity contribution >= 4 is 10.0 Å². The molecular formula is C10H15F3N2O2S. The third-order valence-corrected chi connectivity index (χ3v) is 4.62. The summed E-state index contributed by atoms with van der Waals surface area (Å²) in [5.41, 5.74) is 0. The first-order chi connectivity index (χ1) is 8.26. The van der Waals surface area contributed by atoms with Crippen LogP contribution in [0.4, 0.5) is 13.2 Å². The lowest BCUT2D eigenvalue weighted by Crippen LogP contribution is -2.36. The Morgan fingerprint density at radius 2 is 1.94 bits per heavy atom. The summed E-state index contributed by atoms with van der Waals surface area (Å²) in [4.78, 5) is 0. The average molecular weight is 284 g/mol. The summed E-state index contributed by atoms with van der Waals surface area (Å²) in [6, 6.07) is 1.73. The van der Waals surface area contributed by atoms with Gasteiger partial charge in [0.1, 0.15) is 0 Å². The van der Waals surface area contributed by atoms with Crippen molar-refractivity contribution in [2.24, 2.45) is 0 Å². The summed E-state index contributed by atoms with van der Waals surface area (Å²) in [6.45, 7) is 0.0789. The monoisotopic (exact) mass is 284 g/mol. The van der Waals surface area contributed by atoms with Crippen molar-refractivity contribution in [2.45, 2.75) is 44.3 Å². The number of nitriles is 1. The molecule has 0 radical (unpaired) electrons. The fraction of sp³-hybridized carbons (Fsp3) is 0.900. The van der Waals surface area contributed by atoms with Crippen molar-refractivity contribution in [1.29, 1.82) is 5.26 Å². The summed E-state index contributed by atoms with van der Waals surface area (Å²) < 4.78 is 60.8. The molecule has 4 nitrogen and oxygen atoms in total. The largest absolute Gasteiger partial charge is 0.389 e. The minimum Gasteiger partial charge on any atom is -0.212 e. The number of rotatable bonds is 7. The van der Waals surface area contributed by atoms with Crippen LogP contribution in [0, 0.1) is 11.3 Å². The molecule has 1 aliphatic rings. The summed E-state index contributed by atoms with van der Waals surface area (Å²) in [6.07, 6.45) is -4.33. The molecule has 0 aromatic heterocycles. The molecule has 0 N–H and O–H groups in total. The molecule has 0 unspecified atom stereocenters. The zero-order chi connectivity index (χ0) is 13.8. The quantitative estimate of drug-likeness (QED) is 0.718. The number of hydrogen-bond acceptors (Lipinski definition) is 3. The van der Waals surface area contributed by atoms with Crippen LogP contribution in [0.15, 0.2) is 0 Å². The van der Waals surface area contributed by atoms with Crippen molar-refractivity contribution < 1.29 is 21.6 Å². The fourth-order valence-corrected chi connectivity index (χ4v) is 3.42. The maximum atomic E-state index is 12.0. The van der Waals surface area contributed by atoms with Gasteiger partial charge >= 0.3 is 6.18 Å². The van der Waals surface area contributed by atoms with Crippen LogP contribution in [0.25, 0.3) is 0 Å². The predicted molar refractivity (Wildman–Crippen MR) is 59.0 cm³/mol. The van der Waals surface area contributed by atoms with Gasteiger partial charge in [0.25, 0.3) is 0 Å². The van der Waals surface area contributed by atoms with Gasteiger partial charge in [-0.25, -0.2) is 8.42 Å². The molecule has 1 aliphatic carbocycles. The normalized spacial score (nSPS) is 16.8. The molecule has 0 amide bonds. The van der Waals surface area contributed by atoms with Crippen molar-refractivity contribution in [1.82, 2.24) is 4.31 Å². The molecule has 1 fully saturated rings. The van der Waals surface area contributed by atoms with Gasteiger partial charge in [-0.15, -0.1) is 0 Å². The Morgan fingerprint density at radius 1 is 1.33 bits per heavy atom. The number of halogens is 3. The van der Waals surface area contributed by atoms with Crippen LogP contribution in [-0.4, -0.2) is 37.2 Å². The highest BCUT2D eigenvalue weighted by atomic mass is 32.2. The standard InChI is InChI=1S/C10H15F3N2O2S/c11-10(12,13)5-1-8-18(16,17)15(7-2-6-14)9-3-4-9/h9H,1-5,7-8H2. The minimum absolute atomic E-state index is 0.0645. The van der Waals surface area contributed by atoms with Gasteiger partial charge in [-0.05, 0) is 19.3 Å². The first-order valence-corrected chi connectivity index (χ1v) is 7.30. The third kappa shape index (κ3) is 5.23. The number of hydrogen-bond donors (Lipinski definition) is 0. The Kier molecular flexibility index (Phi) is 4.99. The van der Waals surface area contributed by atoms with Gasteiger partial charge in [0.15, 0.2) is 0 Å². The van der Waals surface area contributed by atoms with E-state index in [0.29, 0.717) is 0 Å². The van der Waals surface area contributed by atoms with Crippen LogP contribution in [0.5, 0.6) is 0 Å². The van der Waals surface area contributed by atoms with Gasteiger partial charge in [-0.2, -0.15) is 22.7 Å². The van der Waals surface area contributed by atoms with Gasteiger partial charge in [0, 0.05) is 25.4 Å². The number of alkyl halides is 3. The Hall–Kier alpha value is -0.810. The van der Waals surface area contributed by atoms with Gasteiger partial charge in [0.2, 0.25) is 10.0 Å². The zero-order valence-corrected chi connectivity index (χ0v) is 10.6. The van der Waals surface area contributed by atoms with E-state index >= 15 is 0 Å². The highest BCUT2D eigenvalue weighted by Gasteiger charge is 2.37. The second-order valence-corrected chi connectivity index (χ2v) is 6.33. The Bertz CT molecular complexity index is 410. The van der Waals surface area contributed by atoms with Crippen molar-refractivity contribution in [2.75, 3.05) is 12.3 Å². The predicted octanol–water partition coefficient (Wildman–Crippen LogP) is 2.04. The molecule has 1 rings (SSSR count). The van der Waals surface area contributed by atoms with Gasteiger partial charge in [-0.1, -0.05) is 0 Å².